The van der Waals surface area contributed by atoms with Gasteiger partial charge in [0.05, 0.1) is 18.5 Å². The van der Waals surface area contributed by atoms with Crippen molar-refractivity contribution in [3.8, 4) is 0 Å². The van der Waals surface area contributed by atoms with Crippen LogP contribution < -0.4 is 0 Å². The molecule has 1 aliphatic heterocycles. The molecule has 1 heterocycles. The summed E-state index contributed by atoms with van der Waals surface area (Å²) >= 11 is 0. The van der Waals surface area contributed by atoms with Crippen molar-refractivity contribution in [2.24, 2.45) is 0 Å². The summed E-state index contributed by atoms with van der Waals surface area (Å²) in [5.74, 6) is -1.10. The summed E-state index contributed by atoms with van der Waals surface area (Å²) < 4.78 is 38.3. The Kier molecular flexibility index (Phi) is 6.63. The zero-order valence-electron chi connectivity index (χ0n) is 14.6. The average molecular weight is 372 g/mol. The number of benzene rings is 1. The lowest BCUT2D eigenvalue weighted by Crippen LogP contribution is -2.37. The molecule has 0 bridgehead atoms. The van der Waals surface area contributed by atoms with Crippen LogP contribution in [0.15, 0.2) is 24.3 Å². The van der Waals surface area contributed by atoms with E-state index in [4.69, 9.17) is 5.11 Å². The Labute approximate surface area is 150 Å². The first kappa shape index (κ1) is 20.2. The smallest absolute Gasteiger partial charge is 0.416 e. The van der Waals surface area contributed by atoms with Crippen LogP contribution in [0.1, 0.15) is 30.4 Å². The van der Waals surface area contributed by atoms with E-state index in [1.807, 2.05) is 0 Å². The maximum atomic E-state index is 12.8. The molecular formula is C18H23F3N2O3. The van der Waals surface area contributed by atoms with Crippen LogP contribution in [-0.4, -0.2) is 59.5 Å². The van der Waals surface area contributed by atoms with E-state index in [0.717, 1.165) is 25.0 Å². The molecule has 0 radical (unpaired) electrons. The molecular weight excluding hydrogens is 349 g/mol. The van der Waals surface area contributed by atoms with E-state index in [9.17, 15) is 22.8 Å². The summed E-state index contributed by atoms with van der Waals surface area (Å²) in [4.78, 5) is 26.7. The highest BCUT2D eigenvalue weighted by molar-refractivity contribution is 5.78. The largest absolute Gasteiger partial charge is 0.480 e. The van der Waals surface area contributed by atoms with Crippen LogP contribution in [0, 0.1) is 0 Å². The third kappa shape index (κ3) is 5.72. The Bertz CT molecular complexity index is 649. The molecule has 0 aliphatic carbocycles. The molecule has 1 aliphatic rings. The Hall–Kier alpha value is -2.09. The van der Waals surface area contributed by atoms with Crippen molar-refractivity contribution >= 4 is 11.9 Å². The van der Waals surface area contributed by atoms with Crippen LogP contribution in [0.5, 0.6) is 0 Å². The van der Waals surface area contributed by atoms with Gasteiger partial charge in [0, 0.05) is 19.1 Å². The summed E-state index contributed by atoms with van der Waals surface area (Å²) in [6.45, 7) is 0.963. The molecule has 1 N–H and O–H groups in total. The van der Waals surface area contributed by atoms with E-state index in [0.29, 0.717) is 25.1 Å². The second-order valence-electron chi connectivity index (χ2n) is 6.65. The number of carbonyl (C=O) groups is 2. The van der Waals surface area contributed by atoms with Gasteiger partial charge in [0.2, 0.25) is 5.91 Å². The van der Waals surface area contributed by atoms with E-state index < -0.39 is 17.7 Å². The first-order valence-corrected chi connectivity index (χ1v) is 8.53. The van der Waals surface area contributed by atoms with Crippen molar-refractivity contribution in [1.29, 1.82) is 0 Å². The number of alkyl halides is 3. The maximum absolute atomic E-state index is 12.8. The number of carboxylic acids is 1. The van der Waals surface area contributed by atoms with Gasteiger partial charge in [-0.2, -0.15) is 13.2 Å². The summed E-state index contributed by atoms with van der Waals surface area (Å²) in [5, 5.41) is 8.88. The van der Waals surface area contributed by atoms with E-state index in [-0.39, 0.29) is 24.9 Å². The number of amides is 1. The molecule has 2 rings (SSSR count). The van der Waals surface area contributed by atoms with E-state index >= 15 is 0 Å². The summed E-state index contributed by atoms with van der Waals surface area (Å²) in [6.07, 6.45) is -2.32. The van der Waals surface area contributed by atoms with Crippen molar-refractivity contribution < 1.29 is 27.9 Å². The number of hydrogen-bond donors (Lipinski definition) is 1. The highest BCUT2D eigenvalue weighted by Gasteiger charge is 2.30. The molecule has 8 heteroatoms. The summed E-state index contributed by atoms with van der Waals surface area (Å²) in [6, 6.07) is 4.92. The minimum atomic E-state index is -4.43. The van der Waals surface area contributed by atoms with E-state index in [1.54, 1.807) is 16.8 Å². The average Bonchev–Trinajstić information content (AvgIpc) is 2.80. The van der Waals surface area contributed by atoms with Gasteiger partial charge in [-0.15, -0.1) is 0 Å². The fraction of sp³-hybridized carbons (Fsp3) is 0.556. The molecule has 26 heavy (non-hydrogen) atoms. The predicted octanol–water partition coefficient (Wildman–Crippen LogP) is 2.65. The van der Waals surface area contributed by atoms with Crippen LogP contribution in [0.25, 0.3) is 0 Å². The molecule has 1 fully saturated rings. The normalized spacial score (nSPS) is 18.7. The first-order chi connectivity index (χ1) is 12.2. The number of halogens is 3. The summed E-state index contributed by atoms with van der Waals surface area (Å²) in [5.41, 5.74) is -0.414. The number of likely N-dealkylation sites (N-methyl/N-ethyl adjacent to an activating group) is 1. The topological polar surface area (TPSA) is 60.9 Å². The monoisotopic (exact) mass is 372 g/mol. The molecule has 0 aromatic heterocycles. The van der Waals surface area contributed by atoms with Crippen LogP contribution in [-0.2, 0) is 22.2 Å². The lowest BCUT2D eigenvalue weighted by molar-refractivity contribution is -0.139. The van der Waals surface area contributed by atoms with Gasteiger partial charge in [-0.3, -0.25) is 14.5 Å². The highest BCUT2D eigenvalue weighted by Crippen LogP contribution is 2.29. The van der Waals surface area contributed by atoms with Gasteiger partial charge in [0.1, 0.15) is 0 Å². The number of hydrogen-bond acceptors (Lipinski definition) is 3. The molecule has 1 saturated heterocycles. The predicted molar refractivity (Wildman–Crippen MR) is 89.6 cm³/mol. The van der Waals surface area contributed by atoms with Crippen LogP contribution in [0.3, 0.4) is 0 Å². The number of rotatable bonds is 5. The second kappa shape index (κ2) is 8.53. The molecule has 0 spiro atoms. The van der Waals surface area contributed by atoms with E-state index in [1.165, 1.54) is 12.1 Å². The third-order valence-electron chi connectivity index (χ3n) is 4.67. The van der Waals surface area contributed by atoms with Crippen LogP contribution in [0.4, 0.5) is 13.2 Å². The molecule has 1 amide bonds. The quantitative estimate of drug-likeness (QED) is 0.863. The van der Waals surface area contributed by atoms with Gasteiger partial charge >= 0.3 is 12.1 Å². The van der Waals surface area contributed by atoms with Crippen molar-refractivity contribution in [3.63, 3.8) is 0 Å². The number of aliphatic carboxylic acids is 1. The van der Waals surface area contributed by atoms with Gasteiger partial charge in [-0.25, -0.2) is 0 Å². The van der Waals surface area contributed by atoms with Crippen molar-refractivity contribution in [1.82, 2.24) is 9.80 Å². The number of likely N-dealkylation sites (tertiary alicyclic amines) is 1. The first-order valence-electron chi connectivity index (χ1n) is 8.53. The molecule has 144 valence electrons. The number of nitrogens with zero attached hydrogens (tertiary/aromatic N) is 2. The van der Waals surface area contributed by atoms with Gasteiger partial charge < -0.3 is 10.0 Å². The Balaban J connectivity index is 1.95. The SMILES string of the molecule is CN(CC(=O)O)[C@H]1CCCN(C(=O)Cc2cccc(C(F)(F)F)c2)CC1. The third-order valence-corrected chi connectivity index (χ3v) is 4.67. The molecule has 1 aromatic carbocycles. The summed E-state index contributed by atoms with van der Waals surface area (Å²) in [7, 11) is 1.75. The fourth-order valence-corrected chi connectivity index (χ4v) is 3.26. The molecule has 0 saturated carbocycles. The number of carbonyl (C=O) groups excluding carboxylic acids is 1. The van der Waals surface area contributed by atoms with Crippen LogP contribution >= 0.6 is 0 Å². The Morgan fingerprint density at radius 3 is 2.65 bits per heavy atom. The van der Waals surface area contributed by atoms with Gasteiger partial charge in [0.25, 0.3) is 0 Å². The minimum absolute atomic E-state index is 0.0527. The Morgan fingerprint density at radius 1 is 1.27 bits per heavy atom. The minimum Gasteiger partial charge on any atom is -0.480 e. The van der Waals surface area contributed by atoms with Crippen molar-refractivity contribution in [2.75, 3.05) is 26.7 Å². The Morgan fingerprint density at radius 2 is 2.00 bits per heavy atom. The maximum Gasteiger partial charge on any atom is 0.416 e. The lowest BCUT2D eigenvalue weighted by atomic mass is 10.1. The molecule has 5 nitrogen and oxygen atoms in total. The molecule has 1 atom stereocenters. The van der Waals surface area contributed by atoms with Crippen molar-refractivity contribution in [3.05, 3.63) is 35.4 Å². The highest BCUT2D eigenvalue weighted by atomic mass is 19.4. The van der Waals surface area contributed by atoms with Gasteiger partial charge in [-0.05, 0) is 37.9 Å². The van der Waals surface area contributed by atoms with Crippen molar-refractivity contribution in [2.45, 2.75) is 37.9 Å². The van der Waals surface area contributed by atoms with Gasteiger partial charge in [-0.1, -0.05) is 18.2 Å². The van der Waals surface area contributed by atoms with E-state index in [2.05, 4.69) is 0 Å². The zero-order chi connectivity index (χ0) is 19.3. The molecule has 1 aromatic rings. The zero-order valence-corrected chi connectivity index (χ0v) is 14.6. The number of carboxylic acid groups (broad SMARTS) is 1. The molecule has 0 unspecified atom stereocenters. The second-order valence-corrected chi connectivity index (χ2v) is 6.65. The standard InChI is InChI=1S/C18H23F3N2O3/c1-22(12-17(25)26)15-6-3-8-23(9-7-15)16(24)11-13-4-2-5-14(10-13)18(19,20)21/h2,4-5,10,15H,3,6-9,11-12H2,1H3,(H,25,26)/t15-/m0/s1. The lowest BCUT2D eigenvalue weighted by Gasteiger charge is -2.25. The fourth-order valence-electron chi connectivity index (χ4n) is 3.26. The van der Waals surface area contributed by atoms with Crippen LogP contribution in [0.2, 0.25) is 0 Å². The van der Waals surface area contributed by atoms with Gasteiger partial charge in [0.15, 0.2) is 0 Å².